The maximum absolute atomic E-state index is 12.9. The molecule has 1 aromatic heterocycles. The molecule has 0 fully saturated rings. The predicted molar refractivity (Wildman–Crippen MR) is 74.0 cm³/mol. The van der Waals surface area contributed by atoms with Crippen molar-refractivity contribution in [2.45, 2.75) is 5.16 Å². The summed E-state index contributed by atoms with van der Waals surface area (Å²) in [4.78, 5) is 22.9. The average Bonchev–Trinajstić information content (AvgIpc) is 2.71. The van der Waals surface area contributed by atoms with Gasteiger partial charge in [-0.05, 0) is 18.2 Å². The number of aromatic amines is 1. The molecule has 0 aliphatic rings. The molecule has 2 aromatic rings. The number of nitrogens with zero attached hydrogens (tertiary/aromatic N) is 2. The maximum atomic E-state index is 12.9. The van der Waals surface area contributed by atoms with Crippen LogP contribution in [0.2, 0.25) is 0 Å². The number of carbonyl (C=O) groups is 1. The molecule has 0 atom stereocenters. The molecule has 0 bridgehead atoms. The molecule has 1 heterocycles. The lowest BCUT2D eigenvalue weighted by Gasteiger charge is -2.07. The topological polar surface area (TPSA) is 106 Å². The number of anilines is 2. The fourth-order valence-corrected chi connectivity index (χ4v) is 2.14. The number of H-pyrrole nitrogens is 1. The van der Waals surface area contributed by atoms with Crippen LogP contribution in [0.5, 0.6) is 0 Å². The summed E-state index contributed by atoms with van der Waals surface area (Å²) >= 11 is 1.10. The summed E-state index contributed by atoms with van der Waals surface area (Å²) in [5.41, 5.74) is 5.72. The number of hydrogen-bond acceptors (Lipinski definition) is 5. The van der Waals surface area contributed by atoms with Crippen molar-refractivity contribution in [1.29, 1.82) is 0 Å². The van der Waals surface area contributed by atoms with Gasteiger partial charge >= 0.3 is 5.69 Å². The van der Waals surface area contributed by atoms with Gasteiger partial charge in [0.2, 0.25) is 5.91 Å². The lowest BCUT2D eigenvalue weighted by atomic mass is 10.2. The van der Waals surface area contributed by atoms with Crippen molar-refractivity contribution in [2.75, 3.05) is 16.8 Å². The van der Waals surface area contributed by atoms with E-state index in [0.717, 1.165) is 17.8 Å². The molecule has 0 radical (unpaired) electrons. The highest BCUT2D eigenvalue weighted by Crippen LogP contribution is 2.20. The molecular weight excluding hydrogens is 285 g/mol. The highest BCUT2D eigenvalue weighted by atomic mass is 32.2. The first-order valence-electron chi connectivity index (χ1n) is 5.56. The van der Waals surface area contributed by atoms with Crippen LogP contribution in [-0.4, -0.2) is 26.4 Å². The highest BCUT2D eigenvalue weighted by molar-refractivity contribution is 7.99. The van der Waals surface area contributed by atoms with Gasteiger partial charge in [0, 0.05) is 7.05 Å². The van der Waals surface area contributed by atoms with Crippen LogP contribution in [0.1, 0.15) is 0 Å². The average molecular weight is 297 g/mol. The Labute approximate surface area is 117 Å². The molecular formula is C11H12FN5O2S. The summed E-state index contributed by atoms with van der Waals surface area (Å²) in [6.45, 7) is 0. The molecule has 0 saturated carbocycles. The Morgan fingerprint density at radius 2 is 2.35 bits per heavy atom. The second-order valence-corrected chi connectivity index (χ2v) is 4.88. The summed E-state index contributed by atoms with van der Waals surface area (Å²) in [6, 6.07) is 3.72. The molecule has 0 unspecified atom stereocenters. The number of halogens is 1. The molecule has 0 spiro atoms. The Morgan fingerprint density at radius 1 is 1.60 bits per heavy atom. The number of benzene rings is 1. The van der Waals surface area contributed by atoms with Gasteiger partial charge in [-0.25, -0.2) is 14.3 Å². The summed E-state index contributed by atoms with van der Waals surface area (Å²) in [6.07, 6.45) is 0. The summed E-state index contributed by atoms with van der Waals surface area (Å²) in [7, 11) is 1.55. The predicted octanol–water partition coefficient (Wildman–Crippen LogP) is 0.561. The first-order chi connectivity index (χ1) is 9.47. The van der Waals surface area contributed by atoms with Gasteiger partial charge < -0.3 is 11.1 Å². The zero-order chi connectivity index (χ0) is 14.7. The monoisotopic (exact) mass is 297 g/mol. The second kappa shape index (κ2) is 5.78. The number of thioether (sulfide) groups is 1. The molecule has 2 rings (SSSR count). The Bertz CT molecular complexity index is 696. The van der Waals surface area contributed by atoms with E-state index in [4.69, 9.17) is 5.73 Å². The lowest BCUT2D eigenvalue weighted by Crippen LogP contribution is -2.16. The van der Waals surface area contributed by atoms with E-state index in [-0.39, 0.29) is 23.0 Å². The summed E-state index contributed by atoms with van der Waals surface area (Å²) < 4.78 is 14.2. The third-order valence-corrected chi connectivity index (χ3v) is 3.49. The van der Waals surface area contributed by atoms with E-state index in [1.807, 2.05) is 0 Å². The largest absolute Gasteiger partial charge is 0.397 e. The van der Waals surface area contributed by atoms with Gasteiger partial charge in [-0.2, -0.15) is 0 Å². The third-order valence-electron chi connectivity index (χ3n) is 2.46. The SMILES string of the molecule is Cn1c(SCC(=O)Nc2ccc(F)cc2N)n[nH]c1=O. The molecule has 7 nitrogen and oxygen atoms in total. The molecule has 0 aliphatic carbocycles. The standard InChI is InChI=1S/C11H12FN5O2S/c1-17-10(19)15-16-11(17)20-5-9(18)14-8-3-2-6(12)4-7(8)13/h2-4H,5,13H2,1H3,(H,14,18)(H,15,19). The van der Waals surface area contributed by atoms with E-state index in [2.05, 4.69) is 15.5 Å². The van der Waals surface area contributed by atoms with Crippen molar-refractivity contribution in [3.05, 3.63) is 34.5 Å². The molecule has 9 heteroatoms. The second-order valence-electron chi connectivity index (χ2n) is 3.94. The van der Waals surface area contributed by atoms with Crippen molar-refractivity contribution in [3.8, 4) is 0 Å². The van der Waals surface area contributed by atoms with Crippen molar-refractivity contribution in [1.82, 2.24) is 14.8 Å². The van der Waals surface area contributed by atoms with E-state index in [9.17, 15) is 14.0 Å². The van der Waals surface area contributed by atoms with Crippen LogP contribution in [0.4, 0.5) is 15.8 Å². The molecule has 1 amide bonds. The fraction of sp³-hybridized carbons (Fsp3) is 0.182. The quantitative estimate of drug-likeness (QED) is 0.565. The van der Waals surface area contributed by atoms with E-state index < -0.39 is 5.82 Å². The Morgan fingerprint density at radius 3 is 2.95 bits per heavy atom. The van der Waals surface area contributed by atoms with Gasteiger partial charge in [0.15, 0.2) is 5.16 Å². The number of nitrogens with one attached hydrogen (secondary N) is 2. The van der Waals surface area contributed by atoms with Crippen molar-refractivity contribution in [3.63, 3.8) is 0 Å². The van der Waals surface area contributed by atoms with Crippen LogP contribution < -0.4 is 16.7 Å². The van der Waals surface area contributed by atoms with Crippen molar-refractivity contribution in [2.24, 2.45) is 7.05 Å². The smallest absolute Gasteiger partial charge is 0.343 e. The number of carbonyl (C=O) groups excluding carboxylic acids is 1. The number of nitrogen functional groups attached to an aromatic ring is 1. The minimum absolute atomic E-state index is 0.0505. The Kier molecular flexibility index (Phi) is 4.08. The van der Waals surface area contributed by atoms with Crippen LogP contribution in [0.3, 0.4) is 0 Å². The zero-order valence-corrected chi connectivity index (χ0v) is 11.3. The van der Waals surface area contributed by atoms with Gasteiger partial charge in [0.05, 0.1) is 17.1 Å². The number of nitrogens with two attached hydrogens (primary N) is 1. The number of amides is 1. The molecule has 106 valence electrons. The van der Waals surface area contributed by atoms with Gasteiger partial charge in [-0.3, -0.25) is 9.36 Å². The van der Waals surface area contributed by atoms with Crippen molar-refractivity contribution >= 4 is 29.0 Å². The highest BCUT2D eigenvalue weighted by Gasteiger charge is 2.10. The first kappa shape index (κ1) is 14.1. The minimum Gasteiger partial charge on any atom is -0.397 e. The van der Waals surface area contributed by atoms with Crippen LogP contribution >= 0.6 is 11.8 Å². The normalized spacial score (nSPS) is 10.5. The van der Waals surface area contributed by atoms with Crippen molar-refractivity contribution < 1.29 is 9.18 Å². The van der Waals surface area contributed by atoms with Gasteiger partial charge in [-0.15, -0.1) is 5.10 Å². The summed E-state index contributed by atoms with van der Waals surface area (Å²) in [5, 5.41) is 8.98. The molecule has 4 N–H and O–H groups in total. The number of rotatable bonds is 4. The van der Waals surface area contributed by atoms with E-state index >= 15 is 0 Å². The molecule has 0 saturated heterocycles. The fourth-order valence-electron chi connectivity index (χ4n) is 1.43. The van der Waals surface area contributed by atoms with Crippen LogP contribution in [0.15, 0.2) is 28.2 Å². The Hall–Kier alpha value is -2.29. The first-order valence-corrected chi connectivity index (χ1v) is 6.55. The van der Waals surface area contributed by atoms with E-state index in [1.54, 1.807) is 7.05 Å². The van der Waals surface area contributed by atoms with E-state index in [1.165, 1.54) is 16.7 Å². The van der Waals surface area contributed by atoms with Crippen LogP contribution in [0, 0.1) is 5.82 Å². The van der Waals surface area contributed by atoms with Crippen LogP contribution in [-0.2, 0) is 11.8 Å². The lowest BCUT2D eigenvalue weighted by molar-refractivity contribution is -0.113. The van der Waals surface area contributed by atoms with Crippen LogP contribution in [0.25, 0.3) is 0 Å². The molecule has 0 aliphatic heterocycles. The van der Waals surface area contributed by atoms with Gasteiger partial charge in [0.1, 0.15) is 5.82 Å². The zero-order valence-electron chi connectivity index (χ0n) is 10.5. The molecule has 20 heavy (non-hydrogen) atoms. The third kappa shape index (κ3) is 3.18. The maximum Gasteiger partial charge on any atom is 0.343 e. The van der Waals surface area contributed by atoms with Gasteiger partial charge in [0.25, 0.3) is 0 Å². The number of aromatic nitrogens is 3. The molecule has 1 aromatic carbocycles. The summed E-state index contributed by atoms with van der Waals surface area (Å²) in [5.74, 6) is -0.750. The number of hydrogen-bond donors (Lipinski definition) is 3. The van der Waals surface area contributed by atoms with E-state index in [0.29, 0.717) is 10.8 Å². The Balaban J connectivity index is 1.96. The minimum atomic E-state index is -0.471. The van der Waals surface area contributed by atoms with Gasteiger partial charge in [-0.1, -0.05) is 11.8 Å².